The molecule has 1 atom stereocenters. The highest BCUT2D eigenvalue weighted by Crippen LogP contribution is 2.29. The van der Waals surface area contributed by atoms with Crippen LogP contribution >= 0.6 is 31.9 Å². The number of carboxylic acid groups (broad SMARTS) is 1. The van der Waals surface area contributed by atoms with Crippen molar-refractivity contribution in [1.82, 2.24) is 0 Å². The molecule has 0 unspecified atom stereocenters. The van der Waals surface area contributed by atoms with Gasteiger partial charge in [0.2, 0.25) is 0 Å². The minimum Gasteiger partial charge on any atom is -0.480 e. The number of carboxylic acids is 1. The zero-order valence-corrected chi connectivity index (χ0v) is 10.6. The second-order valence-electron chi connectivity index (χ2n) is 3.13. The van der Waals surface area contributed by atoms with Gasteiger partial charge >= 0.3 is 5.97 Å². The second kappa shape index (κ2) is 4.00. The van der Waals surface area contributed by atoms with Crippen LogP contribution in [0.1, 0.15) is 12.5 Å². The largest absolute Gasteiger partial charge is 0.480 e. The molecule has 0 saturated heterocycles. The van der Waals surface area contributed by atoms with Crippen molar-refractivity contribution in [2.45, 2.75) is 12.5 Å². The number of halogens is 2. The van der Waals surface area contributed by atoms with Crippen molar-refractivity contribution in [3.05, 3.63) is 32.7 Å². The summed E-state index contributed by atoms with van der Waals surface area (Å²) in [4.78, 5) is 10.9. The zero-order valence-electron chi connectivity index (χ0n) is 7.42. The van der Waals surface area contributed by atoms with E-state index in [2.05, 4.69) is 31.9 Å². The highest BCUT2D eigenvalue weighted by atomic mass is 79.9. The standard InChI is InChI=1S/C9H9Br2NO2/c1-9(12,8(13)14)6-4-5(10)2-3-7(6)11/h2-4H,12H2,1H3,(H,13,14)/t9-/m1/s1. The first-order valence-corrected chi connectivity index (χ1v) is 5.42. The van der Waals surface area contributed by atoms with Crippen molar-refractivity contribution >= 4 is 37.8 Å². The molecule has 0 fully saturated rings. The third-order valence-electron chi connectivity index (χ3n) is 1.93. The molecule has 5 heteroatoms. The Bertz CT molecular complexity index is 377. The third kappa shape index (κ3) is 2.16. The van der Waals surface area contributed by atoms with E-state index in [1.807, 2.05) is 6.07 Å². The van der Waals surface area contributed by atoms with Crippen LogP contribution in [0.25, 0.3) is 0 Å². The van der Waals surface area contributed by atoms with Crippen LogP contribution in [0.15, 0.2) is 27.1 Å². The zero-order chi connectivity index (χ0) is 10.9. The van der Waals surface area contributed by atoms with Crippen molar-refractivity contribution in [3.8, 4) is 0 Å². The van der Waals surface area contributed by atoms with Gasteiger partial charge in [0.15, 0.2) is 0 Å². The Morgan fingerprint density at radius 3 is 2.57 bits per heavy atom. The van der Waals surface area contributed by atoms with E-state index in [0.29, 0.717) is 10.0 Å². The molecule has 0 amide bonds. The molecular weight excluding hydrogens is 314 g/mol. The normalized spacial score (nSPS) is 14.9. The van der Waals surface area contributed by atoms with Gasteiger partial charge in [-0.05, 0) is 30.7 Å². The van der Waals surface area contributed by atoms with Gasteiger partial charge in [-0.15, -0.1) is 0 Å². The van der Waals surface area contributed by atoms with Crippen LogP contribution in [0.5, 0.6) is 0 Å². The molecule has 0 aromatic heterocycles. The number of benzene rings is 1. The quantitative estimate of drug-likeness (QED) is 0.879. The molecule has 0 saturated carbocycles. The van der Waals surface area contributed by atoms with E-state index in [-0.39, 0.29) is 0 Å². The number of hydrogen-bond acceptors (Lipinski definition) is 2. The van der Waals surface area contributed by atoms with E-state index >= 15 is 0 Å². The van der Waals surface area contributed by atoms with Gasteiger partial charge in [0.05, 0.1) is 0 Å². The molecular formula is C9H9Br2NO2. The summed E-state index contributed by atoms with van der Waals surface area (Å²) in [6, 6.07) is 5.26. The Kier molecular flexibility index (Phi) is 3.34. The summed E-state index contributed by atoms with van der Waals surface area (Å²) < 4.78 is 1.49. The molecule has 0 aliphatic heterocycles. The Morgan fingerprint density at radius 2 is 2.07 bits per heavy atom. The molecule has 0 bridgehead atoms. The van der Waals surface area contributed by atoms with Gasteiger partial charge in [-0.2, -0.15) is 0 Å². The molecule has 3 nitrogen and oxygen atoms in total. The van der Waals surface area contributed by atoms with Gasteiger partial charge in [0.1, 0.15) is 5.54 Å². The fourth-order valence-corrected chi connectivity index (χ4v) is 2.03. The van der Waals surface area contributed by atoms with Crippen molar-refractivity contribution in [3.63, 3.8) is 0 Å². The molecule has 1 aromatic rings. The van der Waals surface area contributed by atoms with Gasteiger partial charge < -0.3 is 10.8 Å². The summed E-state index contributed by atoms with van der Waals surface area (Å²) in [7, 11) is 0. The van der Waals surface area contributed by atoms with Crippen LogP contribution in [-0.2, 0) is 10.3 Å². The van der Waals surface area contributed by atoms with Crippen molar-refractivity contribution in [1.29, 1.82) is 0 Å². The molecule has 1 aromatic carbocycles. The lowest BCUT2D eigenvalue weighted by molar-refractivity contribution is -0.143. The van der Waals surface area contributed by atoms with Crippen LogP contribution in [0.3, 0.4) is 0 Å². The maximum Gasteiger partial charge on any atom is 0.328 e. The van der Waals surface area contributed by atoms with Crippen LogP contribution in [0.2, 0.25) is 0 Å². The Morgan fingerprint density at radius 1 is 1.50 bits per heavy atom. The molecule has 0 radical (unpaired) electrons. The predicted molar refractivity (Wildman–Crippen MR) is 61.0 cm³/mol. The minimum absolute atomic E-state index is 0.541. The first kappa shape index (κ1) is 11.7. The average Bonchev–Trinajstić information content (AvgIpc) is 2.08. The SMILES string of the molecule is C[C@](N)(C(=O)O)c1cc(Br)ccc1Br. The smallest absolute Gasteiger partial charge is 0.328 e. The number of nitrogens with two attached hydrogens (primary N) is 1. The minimum atomic E-state index is -1.39. The number of aliphatic carboxylic acids is 1. The van der Waals surface area contributed by atoms with Crippen LogP contribution in [-0.4, -0.2) is 11.1 Å². The van der Waals surface area contributed by atoms with Crippen molar-refractivity contribution in [2.75, 3.05) is 0 Å². The Balaban J connectivity index is 3.31. The summed E-state index contributed by atoms with van der Waals surface area (Å²) in [6.07, 6.45) is 0. The van der Waals surface area contributed by atoms with Crippen LogP contribution in [0.4, 0.5) is 0 Å². The van der Waals surface area contributed by atoms with Gasteiger partial charge in [-0.1, -0.05) is 31.9 Å². The number of rotatable bonds is 2. The van der Waals surface area contributed by atoms with E-state index in [0.717, 1.165) is 4.47 Å². The second-order valence-corrected chi connectivity index (χ2v) is 4.90. The van der Waals surface area contributed by atoms with Crippen molar-refractivity contribution in [2.24, 2.45) is 5.73 Å². The maximum absolute atomic E-state index is 10.9. The molecule has 0 spiro atoms. The molecule has 14 heavy (non-hydrogen) atoms. The topological polar surface area (TPSA) is 63.3 Å². The van der Waals surface area contributed by atoms with E-state index in [1.165, 1.54) is 6.92 Å². The molecule has 0 heterocycles. The van der Waals surface area contributed by atoms with E-state index in [4.69, 9.17) is 10.8 Å². The summed E-state index contributed by atoms with van der Waals surface area (Å²) in [5.41, 5.74) is 4.85. The number of hydrogen-bond donors (Lipinski definition) is 2. The first-order chi connectivity index (χ1) is 6.35. The molecule has 0 aliphatic carbocycles. The van der Waals surface area contributed by atoms with E-state index in [1.54, 1.807) is 12.1 Å². The van der Waals surface area contributed by atoms with Crippen LogP contribution in [0, 0.1) is 0 Å². The average molecular weight is 323 g/mol. The Hall–Kier alpha value is -0.390. The van der Waals surface area contributed by atoms with Gasteiger partial charge in [-0.3, -0.25) is 0 Å². The summed E-state index contributed by atoms with van der Waals surface area (Å²) >= 11 is 6.54. The predicted octanol–water partition coefficient (Wildman–Crippen LogP) is 2.47. The highest BCUT2D eigenvalue weighted by molar-refractivity contribution is 9.11. The highest BCUT2D eigenvalue weighted by Gasteiger charge is 2.32. The lowest BCUT2D eigenvalue weighted by Crippen LogP contribution is -2.42. The third-order valence-corrected chi connectivity index (χ3v) is 3.12. The molecule has 0 aliphatic rings. The van der Waals surface area contributed by atoms with Gasteiger partial charge in [0, 0.05) is 8.95 Å². The number of carbonyl (C=O) groups is 1. The Labute approximate surface area is 98.6 Å². The lowest BCUT2D eigenvalue weighted by Gasteiger charge is -2.21. The van der Waals surface area contributed by atoms with E-state index < -0.39 is 11.5 Å². The summed E-state index contributed by atoms with van der Waals surface area (Å²) in [5, 5.41) is 8.95. The summed E-state index contributed by atoms with van der Waals surface area (Å²) in [6.45, 7) is 1.46. The first-order valence-electron chi connectivity index (χ1n) is 3.83. The monoisotopic (exact) mass is 321 g/mol. The fourth-order valence-electron chi connectivity index (χ4n) is 1.01. The summed E-state index contributed by atoms with van der Waals surface area (Å²) in [5.74, 6) is -1.06. The van der Waals surface area contributed by atoms with Crippen molar-refractivity contribution < 1.29 is 9.90 Å². The van der Waals surface area contributed by atoms with Crippen LogP contribution < -0.4 is 5.73 Å². The molecule has 76 valence electrons. The maximum atomic E-state index is 10.9. The van der Waals surface area contributed by atoms with Gasteiger partial charge in [-0.25, -0.2) is 4.79 Å². The van der Waals surface area contributed by atoms with Gasteiger partial charge in [0.25, 0.3) is 0 Å². The molecule has 3 N–H and O–H groups in total. The fraction of sp³-hybridized carbons (Fsp3) is 0.222. The van der Waals surface area contributed by atoms with E-state index in [9.17, 15) is 4.79 Å². The lowest BCUT2D eigenvalue weighted by atomic mass is 9.94. The molecule has 1 rings (SSSR count).